The molecule has 4 aromatic heterocycles. The Hall–Kier alpha value is -4.26. The predicted molar refractivity (Wildman–Crippen MR) is 123 cm³/mol. The summed E-state index contributed by atoms with van der Waals surface area (Å²) in [5, 5.41) is 10.0. The van der Waals surface area contributed by atoms with Crippen LogP contribution < -0.4 is 0 Å². The zero-order valence-electron chi connectivity index (χ0n) is 17.5. The summed E-state index contributed by atoms with van der Waals surface area (Å²) < 4.78 is 17.4. The maximum Gasteiger partial charge on any atom is 0.135 e. The van der Waals surface area contributed by atoms with Gasteiger partial charge in [-0.15, -0.1) is 0 Å². The van der Waals surface area contributed by atoms with Crippen LogP contribution in [-0.2, 0) is 14.1 Å². The number of nitrogens with zero attached hydrogens (tertiary/aromatic N) is 5. The van der Waals surface area contributed by atoms with Crippen LogP contribution in [0.15, 0.2) is 73.1 Å². The molecule has 6 rings (SSSR count). The molecule has 6 nitrogen and oxygen atoms in total. The minimum absolute atomic E-state index is 0.252. The molecule has 0 aliphatic carbocycles. The van der Waals surface area contributed by atoms with Crippen molar-refractivity contribution in [2.75, 3.05) is 0 Å². The molecule has 7 heteroatoms. The standard InChI is InChI=1S/C25H19FN6/c1-31-14-16(13-27-31)20-9-10-23-25(29-20)24(30-32(23)2)22-12-19-18(7-4-8-21(19)28-22)15-5-3-6-17(26)11-15/h3-14,28H,1-2H3. The van der Waals surface area contributed by atoms with E-state index in [1.54, 1.807) is 23.0 Å². The molecule has 0 aliphatic heterocycles. The number of nitrogens with one attached hydrogen (secondary N) is 1. The monoisotopic (exact) mass is 422 g/mol. The van der Waals surface area contributed by atoms with Crippen molar-refractivity contribution < 1.29 is 4.39 Å². The van der Waals surface area contributed by atoms with Gasteiger partial charge in [-0.25, -0.2) is 9.37 Å². The molecule has 0 spiro atoms. The summed E-state index contributed by atoms with van der Waals surface area (Å²) in [7, 11) is 3.80. The number of rotatable bonds is 3. The van der Waals surface area contributed by atoms with Gasteiger partial charge in [0, 0.05) is 36.8 Å². The van der Waals surface area contributed by atoms with Crippen molar-refractivity contribution in [2.45, 2.75) is 0 Å². The summed E-state index contributed by atoms with van der Waals surface area (Å²) in [6.07, 6.45) is 3.75. The zero-order chi connectivity index (χ0) is 21.8. The Balaban J connectivity index is 1.54. The van der Waals surface area contributed by atoms with E-state index in [0.29, 0.717) is 0 Å². The molecule has 0 saturated carbocycles. The van der Waals surface area contributed by atoms with E-state index < -0.39 is 0 Å². The van der Waals surface area contributed by atoms with E-state index in [4.69, 9.17) is 10.1 Å². The van der Waals surface area contributed by atoms with Crippen molar-refractivity contribution in [1.29, 1.82) is 0 Å². The van der Waals surface area contributed by atoms with Gasteiger partial charge in [-0.1, -0.05) is 24.3 Å². The maximum absolute atomic E-state index is 13.8. The van der Waals surface area contributed by atoms with Gasteiger partial charge in [-0.05, 0) is 47.5 Å². The Kier molecular flexibility index (Phi) is 3.98. The average Bonchev–Trinajstić information content (AvgIpc) is 3.50. The number of H-pyrrole nitrogens is 1. The molecular formula is C25H19FN6. The molecule has 0 radical (unpaired) electrons. The van der Waals surface area contributed by atoms with E-state index >= 15 is 0 Å². The third kappa shape index (κ3) is 2.90. The molecule has 1 N–H and O–H groups in total. The van der Waals surface area contributed by atoms with E-state index in [1.165, 1.54) is 6.07 Å². The van der Waals surface area contributed by atoms with Crippen LogP contribution in [0, 0.1) is 5.82 Å². The number of fused-ring (bicyclic) bond motifs is 2. The van der Waals surface area contributed by atoms with Crippen LogP contribution in [0.5, 0.6) is 0 Å². The normalized spacial score (nSPS) is 11.6. The van der Waals surface area contributed by atoms with E-state index in [2.05, 4.69) is 16.1 Å². The lowest BCUT2D eigenvalue weighted by atomic mass is 10.0. The SMILES string of the molecule is Cn1cc(-c2ccc3c(n2)c(-c2cc4c(-c5cccc(F)c5)cccc4[nH]2)nn3C)cn1. The molecule has 32 heavy (non-hydrogen) atoms. The molecule has 156 valence electrons. The Morgan fingerprint density at radius 3 is 2.62 bits per heavy atom. The van der Waals surface area contributed by atoms with Crippen LogP contribution in [0.25, 0.3) is 55.7 Å². The molecule has 0 aliphatic rings. The Labute approximate surface area is 183 Å². The molecule has 0 saturated heterocycles. The van der Waals surface area contributed by atoms with Gasteiger partial charge in [-0.3, -0.25) is 9.36 Å². The highest BCUT2D eigenvalue weighted by molar-refractivity contribution is 6.00. The van der Waals surface area contributed by atoms with Crippen molar-refractivity contribution in [3.63, 3.8) is 0 Å². The summed E-state index contributed by atoms with van der Waals surface area (Å²) in [5.41, 5.74) is 7.96. The smallest absolute Gasteiger partial charge is 0.135 e. The predicted octanol–water partition coefficient (Wildman–Crippen LogP) is 5.32. The van der Waals surface area contributed by atoms with Crippen LogP contribution in [0.3, 0.4) is 0 Å². The van der Waals surface area contributed by atoms with Crippen molar-refractivity contribution in [2.24, 2.45) is 14.1 Å². The lowest BCUT2D eigenvalue weighted by Crippen LogP contribution is -1.90. The highest BCUT2D eigenvalue weighted by Gasteiger charge is 2.17. The highest BCUT2D eigenvalue weighted by Crippen LogP contribution is 2.34. The third-order valence-corrected chi connectivity index (χ3v) is 5.75. The van der Waals surface area contributed by atoms with Crippen LogP contribution >= 0.6 is 0 Å². The quantitative estimate of drug-likeness (QED) is 0.420. The fourth-order valence-corrected chi connectivity index (χ4v) is 4.22. The van der Waals surface area contributed by atoms with E-state index in [-0.39, 0.29) is 5.82 Å². The number of hydrogen-bond donors (Lipinski definition) is 1. The second kappa shape index (κ2) is 6.88. The molecule has 0 fully saturated rings. The first-order valence-corrected chi connectivity index (χ1v) is 10.3. The first-order valence-electron chi connectivity index (χ1n) is 10.3. The Morgan fingerprint density at radius 2 is 1.81 bits per heavy atom. The summed E-state index contributed by atoms with van der Waals surface area (Å²) in [5.74, 6) is -0.252. The number of benzene rings is 2. The zero-order valence-corrected chi connectivity index (χ0v) is 17.5. The molecule has 0 amide bonds. The van der Waals surface area contributed by atoms with Gasteiger partial charge in [0.05, 0.1) is 23.1 Å². The van der Waals surface area contributed by atoms with Crippen molar-refractivity contribution in [1.82, 2.24) is 29.5 Å². The van der Waals surface area contributed by atoms with Gasteiger partial charge in [0.1, 0.15) is 17.0 Å². The molecular weight excluding hydrogens is 403 g/mol. The summed E-state index contributed by atoms with van der Waals surface area (Å²) in [6, 6.07) is 18.7. The first kappa shape index (κ1) is 18.5. The second-order valence-electron chi connectivity index (χ2n) is 7.90. The van der Waals surface area contributed by atoms with Crippen LogP contribution in [0.2, 0.25) is 0 Å². The van der Waals surface area contributed by atoms with Gasteiger partial charge >= 0.3 is 0 Å². The van der Waals surface area contributed by atoms with Gasteiger partial charge in [0.2, 0.25) is 0 Å². The van der Waals surface area contributed by atoms with Crippen LogP contribution in [0.4, 0.5) is 4.39 Å². The largest absolute Gasteiger partial charge is 0.353 e. The summed E-state index contributed by atoms with van der Waals surface area (Å²) in [4.78, 5) is 8.39. The molecule has 0 unspecified atom stereocenters. The number of aryl methyl sites for hydroxylation is 2. The highest BCUT2D eigenvalue weighted by atomic mass is 19.1. The van der Waals surface area contributed by atoms with Crippen molar-refractivity contribution >= 4 is 21.9 Å². The fourth-order valence-electron chi connectivity index (χ4n) is 4.22. The Morgan fingerprint density at radius 1 is 0.938 bits per heavy atom. The number of halogens is 1. The number of pyridine rings is 1. The fraction of sp³-hybridized carbons (Fsp3) is 0.0800. The molecule has 0 atom stereocenters. The first-order chi connectivity index (χ1) is 15.6. The van der Waals surface area contributed by atoms with Gasteiger partial charge in [0.15, 0.2) is 0 Å². The van der Waals surface area contributed by atoms with Gasteiger partial charge in [0.25, 0.3) is 0 Å². The molecule has 4 heterocycles. The van der Waals surface area contributed by atoms with E-state index in [1.807, 2.05) is 61.4 Å². The maximum atomic E-state index is 13.8. The Bertz CT molecular complexity index is 1620. The second-order valence-corrected chi connectivity index (χ2v) is 7.90. The number of hydrogen-bond acceptors (Lipinski definition) is 3. The van der Waals surface area contributed by atoms with Crippen LogP contribution in [-0.4, -0.2) is 29.5 Å². The van der Waals surface area contributed by atoms with Crippen molar-refractivity contribution in [3.8, 4) is 33.8 Å². The molecule has 2 aromatic carbocycles. The lowest BCUT2D eigenvalue weighted by Gasteiger charge is -2.03. The van der Waals surface area contributed by atoms with E-state index in [0.717, 1.165) is 55.7 Å². The van der Waals surface area contributed by atoms with Crippen molar-refractivity contribution in [3.05, 3.63) is 78.9 Å². The number of aromatic amines is 1. The van der Waals surface area contributed by atoms with E-state index in [9.17, 15) is 4.39 Å². The molecule has 6 aromatic rings. The molecule has 0 bridgehead atoms. The van der Waals surface area contributed by atoms with Gasteiger partial charge in [-0.2, -0.15) is 10.2 Å². The average molecular weight is 422 g/mol. The minimum atomic E-state index is -0.252. The summed E-state index contributed by atoms with van der Waals surface area (Å²) in [6.45, 7) is 0. The van der Waals surface area contributed by atoms with Crippen LogP contribution in [0.1, 0.15) is 0 Å². The topological polar surface area (TPSA) is 64.3 Å². The minimum Gasteiger partial charge on any atom is -0.353 e. The summed E-state index contributed by atoms with van der Waals surface area (Å²) >= 11 is 0. The van der Waals surface area contributed by atoms with Gasteiger partial charge < -0.3 is 4.98 Å². The third-order valence-electron chi connectivity index (χ3n) is 5.75. The lowest BCUT2D eigenvalue weighted by molar-refractivity contribution is 0.628. The number of aromatic nitrogens is 6.